The van der Waals surface area contributed by atoms with Crippen LogP contribution in [0.25, 0.3) is 11.1 Å². The molecule has 8 nitrogen and oxygen atoms in total. The number of aromatic nitrogens is 1. The van der Waals surface area contributed by atoms with E-state index in [0.29, 0.717) is 29.9 Å². The van der Waals surface area contributed by atoms with Gasteiger partial charge in [-0.15, -0.1) is 0 Å². The average molecular weight is 479 g/mol. The maximum Gasteiger partial charge on any atom is 0.270 e. The summed E-state index contributed by atoms with van der Waals surface area (Å²) in [5.41, 5.74) is 4.48. The van der Waals surface area contributed by atoms with E-state index in [4.69, 9.17) is 0 Å². The third-order valence-electron chi connectivity index (χ3n) is 6.14. The number of nitrogens with one attached hydrogen (secondary N) is 1. The molecule has 178 valence electrons. The van der Waals surface area contributed by atoms with Gasteiger partial charge in [-0.25, -0.2) is 0 Å². The Balaban J connectivity index is 1.38. The number of hydrogen-bond acceptors (Lipinski definition) is 5. The molecule has 8 heteroatoms. The van der Waals surface area contributed by atoms with Gasteiger partial charge in [-0.3, -0.25) is 24.7 Å². The smallest absolute Gasteiger partial charge is 0.270 e. The molecule has 0 unspecified atom stereocenters. The van der Waals surface area contributed by atoms with Crippen molar-refractivity contribution in [3.05, 3.63) is 118 Å². The Hall–Kier alpha value is -4.85. The van der Waals surface area contributed by atoms with Crippen LogP contribution >= 0.6 is 0 Å². The van der Waals surface area contributed by atoms with Crippen molar-refractivity contribution in [2.45, 2.75) is 12.8 Å². The molecule has 0 atom stereocenters. The number of hydrogen-bond donors (Lipinski definition) is 1. The molecule has 0 radical (unpaired) electrons. The highest BCUT2D eigenvalue weighted by molar-refractivity contribution is 6.09. The summed E-state index contributed by atoms with van der Waals surface area (Å²) in [7, 11) is 0. The predicted molar refractivity (Wildman–Crippen MR) is 137 cm³/mol. The number of nitro benzene ring substituents is 1. The lowest BCUT2D eigenvalue weighted by Gasteiger charge is -2.17. The van der Waals surface area contributed by atoms with Gasteiger partial charge in [-0.2, -0.15) is 0 Å². The summed E-state index contributed by atoms with van der Waals surface area (Å²) >= 11 is 0. The molecule has 2 heterocycles. The minimum absolute atomic E-state index is 0.0340. The van der Waals surface area contributed by atoms with Gasteiger partial charge >= 0.3 is 0 Å². The fourth-order valence-corrected chi connectivity index (χ4v) is 4.39. The highest BCUT2D eigenvalue weighted by Crippen LogP contribution is 2.32. The first-order chi connectivity index (χ1) is 17.5. The van der Waals surface area contributed by atoms with E-state index in [1.807, 2.05) is 60.7 Å². The molecule has 36 heavy (non-hydrogen) atoms. The van der Waals surface area contributed by atoms with Crippen LogP contribution in [0.4, 0.5) is 17.1 Å². The van der Waals surface area contributed by atoms with Crippen molar-refractivity contribution in [2.24, 2.45) is 0 Å². The number of amides is 2. The van der Waals surface area contributed by atoms with Crippen LogP contribution in [0, 0.1) is 10.1 Å². The van der Waals surface area contributed by atoms with Crippen molar-refractivity contribution in [2.75, 3.05) is 16.8 Å². The Morgan fingerprint density at radius 3 is 2.53 bits per heavy atom. The Labute approximate surface area is 207 Å². The minimum Gasteiger partial charge on any atom is -0.322 e. The molecule has 1 aromatic heterocycles. The Morgan fingerprint density at radius 1 is 0.972 bits per heavy atom. The summed E-state index contributed by atoms with van der Waals surface area (Å²) in [5, 5.41) is 14.2. The Kier molecular flexibility index (Phi) is 6.23. The molecule has 1 aliphatic heterocycles. The second-order valence-corrected chi connectivity index (χ2v) is 8.44. The number of benzene rings is 3. The number of pyridine rings is 1. The normalized spacial score (nSPS) is 12.2. The number of rotatable bonds is 6. The minimum atomic E-state index is -0.516. The quantitative estimate of drug-likeness (QED) is 0.309. The van der Waals surface area contributed by atoms with Gasteiger partial charge in [-0.1, -0.05) is 36.4 Å². The van der Waals surface area contributed by atoms with Crippen LogP contribution < -0.4 is 10.2 Å². The summed E-state index contributed by atoms with van der Waals surface area (Å²) in [5.74, 6) is -0.480. The zero-order valence-electron chi connectivity index (χ0n) is 19.3. The third kappa shape index (κ3) is 4.69. The van der Waals surface area contributed by atoms with Gasteiger partial charge in [0.2, 0.25) is 5.91 Å². The average Bonchev–Trinajstić information content (AvgIpc) is 3.33. The third-order valence-corrected chi connectivity index (χ3v) is 6.14. The molecule has 2 amide bonds. The van der Waals surface area contributed by atoms with Crippen molar-refractivity contribution in [1.29, 1.82) is 0 Å². The van der Waals surface area contributed by atoms with Gasteiger partial charge in [0.15, 0.2) is 0 Å². The first-order valence-corrected chi connectivity index (χ1v) is 11.5. The summed E-state index contributed by atoms with van der Waals surface area (Å²) in [4.78, 5) is 42.9. The van der Waals surface area contributed by atoms with Crippen LogP contribution in [-0.2, 0) is 17.6 Å². The molecule has 0 saturated carbocycles. The first kappa shape index (κ1) is 22.9. The molecular weight excluding hydrogens is 456 g/mol. The number of non-ortho nitro benzene ring substituents is 1. The lowest BCUT2D eigenvalue weighted by Crippen LogP contribution is -2.30. The number of carbonyl (C=O) groups is 2. The van der Waals surface area contributed by atoms with Crippen LogP contribution in [0.15, 0.2) is 91.1 Å². The summed E-state index contributed by atoms with van der Waals surface area (Å²) in [6, 6.07) is 24.4. The van der Waals surface area contributed by atoms with Crippen molar-refractivity contribution >= 4 is 28.9 Å². The predicted octanol–water partition coefficient (Wildman–Crippen LogP) is 5.04. The topological polar surface area (TPSA) is 105 Å². The second-order valence-electron chi connectivity index (χ2n) is 8.44. The van der Waals surface area contributed by atoms with Crippen molar-refractivity contribution < 1.29 is 14.5 Å². The zero-order valence-corrected chi connectivity index (χ0v) is 19.3. The lowest BCUT2D eigenvalue weighted by molar-refractivity contribution is -0.384. The van der Waals surface area contributed by atoms with Gasteiger partial charge < -0.3 is 10.2 Å². The number of nitro groups is 1. The molecule has 0 bridgehead atoms. The number of anilines is 2. The van der Waals surface area contributed by atoms with Crippen molar-refractivity contribution in [1.82, 2.24) is 4.98 Å². The van der Waals surface area contributed by atoms with Gasteiger partial charge in [0, 0.05) is 41.9 Å². The fraction of sp³-hybridized carbons (Fsp3) is 0.107. The number of carbonyl (C=O) groups excluding carboxylic acids is 2. The largest absolute Gasteiger partial charge is 0.322 e. The molecule has 0 spiro atoms. The second kappa shape index (κ2) is 9.79. The maximum atomic E-state index is 13.3. The SMILES string of the molecule is O=C(Nc1ccc2c(c1)CCN2C(=O)Cc1ccccn1)c1cc([N+](=O)[O-])ccc1-c1ccccc1. The van der Waals surface area contributed by atoms with E-state index >= 15 is 0 Å². The first-order valence-electron chi connectivity index (χ1n) is 11.5. The monoisotopic (exact) mass is 478 g/mol. The van der Waals surface area contributed by atoms with Crippen LogP contribution in [0.3, 0.4) is 0 Å². The number of fused-ring (bicyclic) bond motifs is 1. The fourth-order valence-electron chi connectivity index (χ4n) is 4.39. The van der Waals surface area contributed by atoms with Crippen LogP contribution in [0.1, 0.15) is 21.6 Å². The Bertz CT molecular complexity index is 1460. The maximum absolute atomic E-state index is 13.3. The number of nitrogens with zero attached hydrogens (tertiary/aromatic N) is 3. The molecule has 4 aromatic rings. The van der Waals surface area contributed by atoms with E-state index in [0.717, 1.165) is 16.8 Å². The summed E-state index contributed by atoms with van der Waals surface area (Å²) < 4.78 is 0. The highest BCUT2D eigenvalue weighted by atomic mass is 16.6. The molecule has 3 aromatic carbocycles. The van der Waals surface area contributed by atoms with Crippen LogP contribution in [-0.4, -0.2) is 28.3 Å². The molecule has 1 N–H and O–H groups in total. The molecule has 0 fully saturated rings. The summed E-state index contributed by atoms with van der Waals surface area (Å²) in [6.07, 6.45) is 2.55. The van der Waals surface area contributed by atoms with Gasteiger partial charge in [0.1, 0.15) is 0 Å². The molecular formula is C28H22N4O4. The highest BCUT2D eigenvalue weighted by Gasteiger charge is 2.26. The van der Waals surface area contributed by atoms with E-state index in [1.165, 1.54) is 12.1 Å². The van der Waals surface area contributed by atoms with E-state index in [-0.39, 0.29) is 23.6 Å². The Morgan fingerprint density at radius 2 is 1.78 bits per heavy atom. The van der Waals surface area contributed by atoms with Crippen LogP contribution in [0.5, 0.6) is 0 Å². The van der Waals surface area contributed by atoms with E-state index < -0.39 is 10.8 Å². The van der Waals surface area contributed by atoms with Crippen molar-refractivity contribution in [3.63, 3.8) is 0 Å². The van der Waals surface area contributed by atoms with E-state index in [9.17, 15) is 19.7 Å². The van der Waals surface area contributed by atoms with Crippen molar-refractivity contribution in [3.8, 4) is 11.1 Å². The molecule has 5 rings (SSSR count). The van der Waals surface area contributed by atoms with Gasteiger partial charge in [-0.05, 0) is 59.5 Å². The summed E-state index contributed by atoms with van der Waals surface area (Å²) in [6.45, 7) is 0.557. The zero-order chi connectivity index (χ0) is 25.1. The van der Waals surface area contributed by atoms with E-state index in [2.05, 4.69) is 10.3 Å². The van der Waals surface area contributed by atoms with Crippen LogP contribution in [0.2, 0.25) is 0 Å². The van der Waals surface area contributed by atoms with E-state index in [1.54, 1.807) is 23.2 Å². The molecule has 0 saturated heterocycles. The molecule has 0 aliphatic carbocycles. The van der Waals surface area contributed by atoms with Gasteiger partial charge in [0.25, 0.3) is 11.6 Å². The lowest BCUT2D eigenvalue weighted by atomic mass is 9.98. The van der Waals surface area contributed by atoms with Gasteiger partial charge in [0.05, 0.1) is 16.9 Å². The standard InChI is InChI=1S/C28H22N4O4/c33-27(17-21-8-4-5-14-29-21)31-15-13-20-16-22(9-12-26(20)31)30-28(34)25-18-23(32(35)36)10-11-24(25)19-6-2-1-3-7-19/h1-12,14,16,18H,13,15,17H2,(H,30,34). The molecule has 1 aliphatic rings.